The average molecular weight is 684 g/mol. The molecule has 234 valence electrons. The topological polar surface area (TPSA) is 153 Å². The molecule has 5 aromatic rings. The fourth-order valence-electron chi connectivity index (χ4n) is 5.60. The SMILES string of the molecule is O=C(O)CCN1C(=CC2=C(O)C(=c3ccc(=c4c(=O)c(=Cc5sc6ccccc6[n+]5CCC(=O)O)c4=O)s3)C2=O)Sc2ccccc21. The first-order chi connectivity index (χ1) is 22.6. The van der Waals surface area contributed by atoms with E-state index in [1.807, 2.05) is 53.4 Å². The lowest BCUT2D eigenvalue weighted by Crippen LogP contribution is -2.50. The minimum atomic E-state index is -0.959. The maximum atomic E-state index is 13.3. The predicted octanol–water partition coefficient (Wildman–Crippen LogP) is 2.91. The number of aromatic nitrogens is 1. The minimum Gasteiger partial charge on any atom is -0.506 e. The smallest absolute Gasteiger partial charge is 0.309 e. The summed E-state index contributed by atoms with van der Waals surface area (Å²) < 4.78 is 3.48. The third kappa shape index (κ3) is 5.31. The molecular formula is C34H23N2O8S3+. The molecule has 0 fully saturated rings. The van der Waals surface area contributed by atoms with E-state index in [0.29, 0.717) is 19.1 Å². The third-order valence-corrected chi connectivity index (χ3v) is 11.3. The van der Waals surface area contributed by atoms with Crippen molar-refractivity contribution >= 4 is 79.7 Å². The molecule has 0 bridgehead atoms. The lowest BCUT2D eigenvalue weighted by Gasteiger charge is -2.22. The fourth-order valence-corrected chi connectivity index (χ4v) is 8.95. The zero-order valence-electron chi connectivity index (χ0n) is 24.3. The van der Waals surface area contributed by atoms with Gasteiger partial charge in [-0.05, 0) is 36.4 Å². The first kappa shape index (κ1) is 30.5. The highest BCUT2D eigenvalue weighted by Gasteiger charge is 2.35. The number of benzene rings is 2. The summed E-state index contributed by atoms with van der Waals surface area (Å²) in [5.41, 5.74) is 0.933. The summed E-state index contributed by atoms with van der Waals surface area (Å²) in [5.74, 6) is -2.52. The van der Waals surface area contributed by atoms with E-state index in [4.69, 9.17) is 0 Å². The Morgan fingerprint density at radius 1 is 0.830 bits per heavy atom. The van der Waals surface area contributed by atoms with Crippen molar-refractivity contribution in [2.24, 2.45) is 0 Å². The number of carboxylic acids is 2. The van der Waals surface area contributed by atoms with E-state index in [1.54, 1.807) is 22.8 Å². The molecule has 0 saturated carbocycles. The average Bonchev–Trinajstić information content (AvgIpc) is 3.75. The van der Waals surface area contributed by atoms with Crippen LogP contribution in [0.1, 0.15) is 17.8 Å². The van der Waals surface area contributed by atoms with Crippen LogP contribution in [0.3, 0.4) is 0 Å². The normalized spacial score (nSPS) is 16.3. The monoisotopic (exact) mass is 683 g/mol. The number of Topliss-reactive ketones (excluding diaryl/α,β-unsaturated/α-hetero) is 1. The molecule has 2 aliphatic rings. The number of allylic oxidation sites excluding steroid dienone is 3. The van der Waals surface area contributed by atoms with Gasteiger partial charge in [-0.1, -0.05) is 47.4 Å². The van der Waals surface area contributed by atoms with Crippen molar-refractivity contribution in [1.82, 2.24) is 0 Å². The zero-order chi connectivity index (χ0) is 33.0. The van der Waals surface area contributed by atoms with Gasteiger partial charge in [-0.2, -0.15) is 4.57 Å². The van der Waals surface area contributed by atoms with Gasteiger partial charge in [-0.25, -0.2) is 0 Å². The van der Waals surface area contributed by atoms with Gasteiger partial charge in [0.25, 0.3) is 5.01 Å². The molecule has 47 heavy (non-hydrogen) atoms. The lowest BCUT2D eigenvalue weighted by molar-refractivity contribution is -0.667. The Balaban J connectivity index is 1.26. The number of anilines is 1. The van der Waals surface area contributed by atoms with E-state index >= 15 is 0 Å². The maximum absolute atomic E-state index is 13.3. The fraction of sp³-hybridized carbons (Fsp3) is 0.118. The standard InChI is InChI=1S/C34H22N2O8S3/c37-27(38)11-13-35-19-5-1-3-7-21(19)46-25(35)15-17-31(41)29(32(17)42)23-9-10-24(45-23)30-33(43)18(34(30)44)16-26-36(14-12-28(39)40)20-6-2-4-8-22(20)47-26/h1-10,15-16H,11-14H2,(H2-,37,38,39,40,41,42)/p+1. The number of thioether (sulfide) groups is 1. The number of para-hydroxylation sites is 2. The largest absolute Gasteiger partial charge is 0.506 e. The molecule has 13 heteroatoms. The van der Waals surface area contributed by atoms with Gasteiger partial charge in [0.1, 0.15) is 16.9 Å². The van der Waals surface area contributed by atoms with Crippen molar-refractivity contribution in [2.75, 3.05) is 11.4 Å². The number of hydrogen-bond acceptors (Lipinski definition) is 10. The van der Waals surface area contributed by atoms with E-state index in [9.17, 15) is 39.3 Å². The molecule has 3 aromatic carbocycles. The highest BCUT2D eigenvalue weighted by Crippen LogP contribution is 2.47. The summed E-state index contributed by atoms with van der Waals surface area (Å²) >= 11 is 3.80. The summed E-state index contributed by atoms with van der Waals surface area (Å²) in [6, 6.07) is 18.1. The number of fused-ring (bicyclic) bond motifs is 2. The van der Waals surface area contributed by atoms with Gasteiger partial charge in [-0.3, -0.25) is 24.0 Å². The van der Waals surface area contributed by atoms with Crippen molar-refractivity contribution in [2.45, 2.75) is 24.3 Å². The van der Waals surface area contributed by atoms with Gasteiger partial charge < -0.3 is 20.2 Å². The van der Waals surface area contributed by atoms with Crippen LogP contribution in [0.15, 0.2) is 97.6 Å². The summed E-state index contributed by atoms with van der Waals surface area (Å²) in [7, 11) is 0. The Bertz CT molecular complexity index is 2520. The number of aliphatic carboxylic acids is 2. The third-order valence-electron chi connectivity index (χ3n) is 7.91. The Labute approximate surface area is 276 Å². The van der Waals surface area contributed by atoms with Crippen LogP contribution >= 0.6 is 34.4 Å². The van der Waals surface area contributed by atoms with E-state index < -0.39 is 28.6 Å². The van der Waals surface area contributed by atoms with Crippen molar-refractivity contribution < 1.29 is 34.3 Å². The summed E-state index contributed by atoms with van der Waals surface area (Å²) in [6.07, 6.45) is 2.84. The summed E-state index contributed by atoms with van der Waals surface area (Å²) in [4.78, 5) is 64.9. The van der Waals surface area contributed by atoms with Crippen LogP contribution in [-0.4, -0.2) is 39.6 Å². The van der Waals surface area contributed by atoms with E-state index in [0.717, 1.165) is 32.1 Å². The van der Waals surface area contributed by atoms with Crippen LogP contribution in [0.2, 0.25) is 0 Å². The second-order valence-electron chi connectivity index (χ2n) is 10.8. The van der Waals surface area contributed by atoms with E-state index in [-0.39, 0.29) is 53.3 Å². The second kappa shape index (κ2) is 11.9. The van der Waals surface area contributed by atoms with E-state index in [2.05, 4.69) is 0 Å². The minimum absolute atomic E-state index is 0.00178. The van der Waals surface area contributed by atoms with E-state index in [1.165, 1.54) is 29.2 Å². The number of ketones is 1. The zero-order valence-corrected chi connectivity index (χ0v) is 26.7. The van der Waals surface area contributed by atoms with Crippen LogP contribution in [0.5, 0.6) is 0 Å². The van der Waals surface area contributed by atoms with Gasteiger partial charge in [0.05, 0.1) is 38.7 Å². The number of carbonyl (C=O) groups excluding carboxylic acids is 1. The number of nitrogens with zero attached hydrogens (tertiary/aromatic N) is 2. The maximum Gasteiger partial charge on any atom is 0.309 e. The Morgan fingerprint density at radius 2 is 1.53 bits per heavy atom. The van der Waals surface area contributed by atoms with Crippen LogP contribution in [0.25, 0.3) is 21.9 Å². The number of aliphatic hydroxyl groups is 1. The molecule has 7 rings (SSSR count). The molecule has 0 spiro atoms. The van der Waals surface area contributed by atoms with Crippen molar-refractivity contribution in [3.63, 3.8) is 0 Å². The number of thiophene rings is 1. The number of thiazole rings is 1. The molecule has 1 aliphatic carbocycles. The molecular weight excluding hydrogens is 661 g/mol. The lowest BCUT2D eigenvalue weighted by atomic mass is 9.88. The predicted molar refractivity (Wildman–Crippen MR) is 178 cm³/mol. The number of hydrogen-bond donors (Lipinski definition) is 3. The van der Waals surface area contributed by atoms with Crippen LogP contribution in [-0.2, 0) is 20.9 Å². The molecule has 3 heterocycles. The van der Waals surface area contributed by atoms with Crippen molar-refractivity contribution in [1.29, 1.82) is 0 Å². The summed E-state index contributed by atoms with van der Waals surface area (Å²) in [5, 5.41) is 30.6. The molecule has 0 saturated heterocycles. The number of rotatable bonds is 8. The molecule has 2 aromatic heterocycles. The number of aliphatic hydroxyl groups excluding tert-OH is 1. The molecule has 1 aliphatic heterocycles. The Hall–Kier alpha value is -5.11. The molecule has 0 atom stereocenters. The molecule has 0 radical (unpaired) electrons. The molecule has 0 amide bonds. The molecule has 3 N–H and O–H groups in total. The number of carbonyl (C=O) groups is 3. The molecule has 0 unspecified atom stereocenters. The number of carboxylic acid groups (broad SMARTS) is 2. The first-order valence-corrected chi connectivity index (χ1v) is 16.8. The second-order valence-corrected chi connectivity index (χ2v) is 14.0. The van der Waals surface area contributed by atoms with Crippen LogP contribution in [0.4, 0.5) is 5.69 Å². The summed E-state index contributed by atoms with van der Waals surface area (Å²) in [6.45, 7) is 0.376. The first-order valence-electron chi connectivity index (χ1n) is 14.4. The van der Waals surface area contributed by atoms with Gasteiger partial charge in [-0.15, -0.1) is 11.3 Å². The van der Waals surface area contributed by atoms with Gasteiger partial charge >= 0.3 is 11.9 Å². The van der Waals surface area contributed by atoms with Crippen molar-refractivity contribution in [3.8, 4) is 0 Å². The highest BCUT2D eigenvalue weighted by atomic mass is 32.2. The highest BCUT2D eigenvalue weighted by molar-refractivity contribution is 8.03. The quantitative estimate of drug-likeness (QED) is 0.208. The Kier molecular flexibility index (Phi) is 7.74. The van der Waals surface area contributed by atoms with Gasteiger partial charge in [0, 0.05) is 32.6 Å². The Morgan fingerprint density at radius 3 is 2.28 bits per heavy atom. The molecule has 10 nitrogen and oxygen atoms in total. The van der Waals surface area contributed by atoms with Gasteiger partial charge in [0.15, 0.2) is 6.54 Å². The number of aryl methyl sites for hydroxylation is 1. The van der Waals surface area contributed by atoms with Crippen LogP contribution < -0.4 is 30.1 Å². The van der Waals surface area contributed by atoms with Crippen molar-refractivity contribution in [3.05, 3.63) is 128 Å². The van der Waals surface area contributed by atoms with Gasteiger partial charge in [0.2, 0.25) is 22.2 Å². The van der Waals surface area contributed by atoms with Crippen LogP contribution in [0, 0.1) is 9.75 Å².